The number of nitrogens with two attached hydrogens (primary N) is 1. The van der Waals surface area contributed by atoms with E-state index >= 15 is 0 Å². The molecule has 0 radical (unpaired) electrons. The molecule has 4 nitrogen and oxygen atoms in total. The SMILES string of the molecule is Cl.N[C@@H](c1ccc(Cl)c(Cl)c1)[C@H](O)c1ccc(-c2cncc(F)c2)cn1. The molecule has 1 aromatic carbocycles. The van der Waals surface area contributed by atoms with Crippen molar-refractivity contribution in [2.75, 3.05) is 0 Å². The fraction of sp³-hybridized carbons (Fsp3) is 0.111. The van der Waals surface area contributed by atoms with Crippen LogP contribution in [0.4, 0.5) is 4.39 Å². The molecule has 0 saturated carbocycles. The maximum absolute atomic E-state index is 13.3. The van der Waals surface area contributed by atoms with Gasteiger partial charge in [-0.1, -0.05) is 35.3 Å². The van der Waals surface area contributed by atoms with Crippen molar-refractivity contribution in [3.05, 3.63) is 82.1 Å². The molecular formula is C18H15Cl3FN3O. The minimum Gasteiger partial charge on any atom is -0.385 e. The summed E-state index contributed by atoms with van der Waals surface area (Å²) in [5.41, 5.74) is 8.43. The van der Waals surface area contributed by atoms with Crippen LogP contribution in [0.5, 0.6) is 0 Å². The Morgan fingerprint density at radius 1 is 0.962 bits per heavy atom. The molecule has 0 amide bonds. The topological polar surface area (TPSA) is 72.0 Å². The monoisotopic (exact) mass is 413 g/mol. The summed E-state index contributed by atoms with van der Waals surface area (Å²) in [4.78, 5) is 8.04. The predicted molar refractivity (Wildman–Crippen MR) is 103 cm³/mol. The normalized spacial score (nSPS) is 13.0. The molecule has 0 unspecified atom stereocenters. The first kappa shape index (κ1) is 20.6. The van der Waals surface area contributed by atoms with Gasteiger partial charge in [0.2, 0.25) is 0 Å². The van der Waals surface area contributed by atoms with E-state index in [1.807, 2.05) is 0 Å². The minimum absolute atomic E-state index is 0. The highest BCUT2D eigenvalue weighted by Gasteiger charge is 2.21. The summed E-state index contributed by atoms with van der Waals surface area (Å²) < 4.78 is 13.3. The highest BCUT2D eigenvalue weighted by molar-refractivity contribution is 6.42. The summed E-state index contributed by atoms with van der Waals surface area (Å²) >= 11 is 11.9. The van der Waals surface area contributed by atoms with Gasteiger partial charge in [-0.2, -0.15) is 0 Å². The van der Waals surface area contributed by atoms with Gasteiger partial charge in [0.05, 0.1) is 28.0 Å². The summed E-state index contributed by atoms with van der Waals surface area (Å²) in [6, 6.07) is 8.95. The Kier molecular flexibility index (Phi) is 6.92. The van der Waals surface area contributed by atoms with Gasteiger partial charge >= 0.3 is 0 Å². The smallest absolute Gasteiger partial charge is 0.142 e. The molecule has 0 fully saturated rings. The Labute approximate surface area is 166 Å². The zero-order valence-corrected chi connectivity index (χ0v) is 15.6. The third-order valence-electron chi connectivity index (χ3n) is 3.80. The maximum Gasteiger partial charge on any atom is 0.142 e. The summed E-state index contributed by atoms with van der Waals surface area (Å²) in [7, 11) is 0. The van der Waals surface area contributed by atoms with Crippen molar-refractivity contribution in [1.29, 1.82) is 0 Å². The number of hydrogen-bond donors (Lipinski definition) is 2. The zero-order valence-electron chi connectivity index (χ0n) is 13.3. The van der Waals surface area contributed by atoms with E-state index in [-0.39, 0.29) is 12.4 Å². The first-order valence-electron chi connectivity index (χ1n) is 7.41. The number of aliphatic hydroxyl groups excluding tert-OH is 1. The second kappa shape index (κ2) is 8.75. The standard InChI is InChI=1S/C18H14Cl2FN3O.ClH/c19-14-3-1-10(6-15(14)20)17(22)18(25)16-4-2-11(8-24-16)12-5-13(21)9-23-7-12;/h1-9,17-18,25H,22H2;1H/t17-,18+;/m0./s1. The van der Waals surface area contributed by atoms with E-state index in [9.17, 15) is 9.50 Å². The average molecular weight is 415 g/mol. The highest BCUT2D eigenvalue weighted by atomic mass is 35.5. The largest absolute Gasteiger partial charge is 0.385 e. The molecule has 0 bridgehead atoms. The fourth-order valence-corrected chi connectivity index (χ4v) is 2.71. The van der Waals surface area contributed by atoms with Crippen molar-refractivity contribution < 1.29 is 9.50 Å². The predicted octanol–water partition coefficient (Wildman–Crippen LogP) is 4.74. The molecule has 2 heterocycles. The van der Waals surface area contributed by atoms with Gasteiger partial charge in [-0.15, -0.1) is 12.4 Å². The average Bonchev–Trinajstić information content (AvgIpc) is 2.63. The molecule has 3 rings (SSSR count). The second-order valence-electron chi connectivity index (χ2n) is 5.51. The first-order chi connectivity index (χ1) is 12.0. The number of hydrogen-bond acceptors (Lipinski definition) is 4. The quantitative estimate of drug-likeness (QED) is 0.646. The van der Waals surface area contributed by atoms with Crippen LogP contribution in [0.2, 0.25) is 10.0 Å². The van der Waals surface area contributed by atoms with Crippen molar-refractivity contribution in [2.24, 2.45) is 5.73 Å². The van der Waals surface area contributed by atoms with Gasteiger partial charge < -0.3 is 10.8 Å². The molecule has 0 spiro atoms. The Hall–Kier alpha value is -1.76. The summed E-state index contributed by atoms with van der Waals surface area (Å²) in [5.74, 6) is -0.428. The van der Waals surface area contributed by atoms with Crippen LogP contribution >= 0.6 is 35.6 Å². The van der Waals surface area contributed by atoms with Crippen molar-refractivity contribution in [2.45, 2.75) is 12.1 Å². The molecule has 0 aliphatic heterocycles. The number of benzene rings is 1. The van der Waals surface area contributed by atoms with Crippen LogP contribution in [0.1, 0.15) is 23.4 Å². The van der Waals surface area contributed by atoms with E-state index in [4.69, 9.17) is 28.9 Å². The van der Waals surface area contributed by atoms with E-state index in [2.05, 4.69) is 9.97 Å². The summed E-state index contributed by atoms with van der Waals surface area (Å²) in [5, 5.41) is 11.3. The lowest BCUT2D eigenvalue weighted by Gasteiger charge is -2.19. The Morgan fingerprint density at radius 2 is 1.73 bits per heavy atom. The van der Waals surface area contributed by atoms with Gasteiger partial charge in [0.25, 0.3) is 0 Å². The number of nitrogens with zero attached hydrogens (tertiary/aromatic N) is 2. The third kappa shape index (κ3) is 4.50. The van der Waals surface area contributed by atoms with Crippen LogP contribution in [-0.4, -0.2) is 15.1 Å². The van der Waals surface area contributed by atoms with E-state index in [1.54, 1.807) is 30.3 Å². The molecule has 3 N–H and O–H groups in total. The molecule has 136 valence electrons. The van der Waals surface area contributed by atoms with E-state index in [1.165, 1.54) is 18.5 Å². The summed E-state index contributed by atoms with van der Waals surface area (Å²) in [6.07, 6.45) is 3.18. The molecule has 26 heavy (non-hydrogen) atoms. The van der Waals surface area contributed by atoms with E-state index in [0.29, 0.717) is 32.4 Å². The fourth-order valence-electron chi connectivity index (χ4n) is 2.41. The van der Waals surface area contributed by atoms with Crippen LogP contribution in [0.15, 0.2) is 55.0 Å². The van der Waals surface area contributed by atoms with Crippen LogP contribution in [0.3, 0.4) is 0 Å². The van der Waals surface area contributed by atoms with Crippen molar-refractivity contribution >= 4 is 35.6 Å². The Balaban J connectivity index is 0.00000243. The van der Waals surface area contributed by atoms with E-state index < -0.39 is 18.0 Å². The number of aromatic nitrogens is 2. The van der Waals surface area contributed by atoms with Crippen LogP contribution in [0.25, 0.3) is 11.1 Å². The lowest BCUT2D eigenvalue weighted by Crippen LogP contribution is -2.20. The van der Waals surface area contributed by atoms with Gasteiger partial charge in [-0.25, -0.2) is 4.39 Å². The second-order valence-corrected chi connectivity index (χ2v) is 6.32. The van der Waals surface area contributed by atoms with Crippen molar-refractivity contribution in [3.63, 3.8) is 0 Å². The first-order valence-corrected chi connectivity index (χ1v) is 8.17. The van der Waals surface area contributed by atoms with Crippen LogP contribution in [0, 0.1) is 5.82 Å². The molecule has 0 saturated heterocycles. The molecule has 8 heteroatoms. The number of rotatable bonds is 4. The Morgan fingerprint density at radius 3 is 2.35 bits per heavy atom. The molecule has 3 aromatic rings. The molecular weight excluding hydrogens is 400 g/mol. The van der Waals surface area contributed by atoms with E-state index in [0.717, 1.165) is 6.20 Å². The highest BCUT2D eigenvalue weighted by Crippen LogP contribution is 2.31. The molecule has 0 aliphatic rings. The van der Waals surface area contributed by atoms with Gasteiger partial charge in [0.15, 0.2) is 0 Å². The number of pyridine rings is 2. The zero-order chi connectivity index (χ0) is 18.0. The van der Waals surface area contributed by atoms with Crippen molar-refractivity contribution in [1.82, 2.24) is 9.97 Å². The number of aliphatic hydroxyl groups is 1. The number of halogens is 4. The van der Waals surface area contributed by atoms with Crippen LogP contribution < -0.4 is 5.73 Å². The third-order valence-corrected chi connectivity index (χ3v) is 4.54. The minimum atomic E-state index is -1.03. The van der Waals surface area contributed by atoms with Gasteiger partial charge in [-0.05, 0) is 29.8 Å². The molecule has 2 atom stereocenters. The van der Waals surface area contributed by atoms with Crippen LogP contribution in [-0.2, 0) is 0 Å². The lowest BCUT2D eigenvalue weighted by atomic mass is 9.99. The lowest BCUT2D eigenvalue weighted by molar-refractivity contribution is 0.142. The molecule has 0 aliphatic carbocycles. The maximum atomic E-state index is 13.3. The van der Waals surface area contributed by atoms with Gasteiger partial charge in [0, 0.05) is 23.5 Å². The van der Waals surface area contributed by atoms with Gasteiger partial charge in [-0.3, -0.25) is 9.97 Å². The molecule has 2 aromatic heterocycles. The Bertz CT molecular complexity index is 893. The van der Waals surface area contributed by atoms with Crippen molar-refractivity contribution in [3.8, 4) is 11.1 Å². The summed E-state index contributed by atoms with van der Waals surface area (Å²) in [6.45, 7) is 0. The van der Waals surface area contributed by atoms with Gasteiger partial charge in [0.1, 0.15) is 11.9 Å².